The molecule has 2 heterocycles. The summed E-state index contributed by atoms with van der Waals surface area (Å²) in [4.78, 5) is 16.2. The highest BCUT2D eigenvalue weighted by Gasteiger charge is 2.14. The number of nitrogens with zero attached hydrogens (tertiary/aromatic N) is 4. The van der Waals surface area contributed by atoms with Crippen molar-refractivity contribution in [1.29, 1.82) is 0 Å². The summed E-state index contributed by atoms with van der Waals surface area (Å²) in [7, 11) is 1.85. The monoisotopic (exact) mass is 445 g/mol. The van der Waals surface area contributed by atoms with Gasteiger partial charge in [0, 0.05) is 13.2 Å². The number of rotatable bonds is 7. The minimum absolute atomic E-state index is 0.101. The number of pyridine rings is 1. The molecule has 158 valence electrons. The van der Waals surface area contributed by atoms with Crippen LogP contribution in [0.25, 0.3) is 0 Å². The molecule has 1 N–H and O–H groups in total. The van der Waals surface area contributed by atoms with Crippen LogP contribution in [0.1, 0.15) is 32.2 Å². The zero-order chi connectivity index (χ0) is 21.7. The molecule has 0 saturated heterocycles. The second kappa shape index (κ2) is 9.49. The SMILES string of the molecule is Cn1c(COc2ccc(C(C)(C)C)cc2)nnc1SCC(=O)Nc1ccc(Cl)cn1. The summed E-state index contributed by atoms with van der Waals surface area (Å²) in [5.41, 5.74) is 1.35. The molecule has 3 rings (SSSR count). The maximum atomic E-state index is 12.1. The van der Waals surface area contributed by atoms with E-state index in [0.717, 1.165) is 5.75 Å². The minimum atomic E-state index is -0.186. The second-order valence-electron chi connectivity index (χ2n) is 7.72. The molecule has 0 bridgehead atoms. The third-order valence-corrected chi connectivity index (χ3v) is 5.58. The van der Waals surface area contributed by atoms with Crippen molar-refractivity contribution < 1.29 is 9.53 Å². The van der Waals surface area contributed by atoms with Gasteiger partial charge in [-0.1, -0.05) is 56.3 Å². The largest absolute Gasteiger partial charge is 0.486 e. The van der Waals surface area contributed by atoms with Crippen molar-refractivity contribution in [2.45, 2.75) is 37.9 Å². The molecule has 1 aromatic carbocycles. The van der Waals surface area contributed by atoms with Crippen LogP contribution in [0.4, 0.5) is 5.82 Å². The molecule has 30 heavy (non-hydrogen) atoms. The van der Waals surface area contributed by atoms with Crippen LogP contribution in [-0.2, 0) is 23.9 Å². The lowest BCUT2D eigenvalue weighted by Gasteiger charge is -2.19. The number of anilines is 1. The number of carbonyl (C=O) groups is 1. The van der Waals surface area contributed by atoms with E-state index < -0.39 is 0 Å². The van der Waals surface area contributed by atoms with Crippen LogP contribution in [0.3, 0.4) is 0 Å². The molecular weight excluding hydrogens is 422 g/mol. The molecule has 0 aliphatic rings. The zero-order valence-corrected chi connectivity index (χ0v) is 18.9. The van der Waals surface area contributed by atoms with Gasteiger partial charge in [0.1, 0.15) is 18.2 Å². The summed E-state index contributed by atoms with van der Waals surface area (Å²) in [6, 6.07) is 11.4. The number of halogens is 1. The molecular formula is C21H24ClN5O2S. The Morgan fingerprint density at radius 2 is 1.90 bits per heavy atom. The summed E-state index contributed by atoms with van der Waals surface area (Å²) in [6.45, 7) is 6.81. The Morgan fingerprint density at radius 1 is 1.17 bits per heavy atom. The Bertz CT molecular complexity index is 998. The van der Waals surface area contributed by atoms with Gasteiger partial charge >= 0.3 is 0 Å². The second-order valence-corrected chi connectivity index (χ2v) is 9.10. The quantitative estimate of drug-likeness (QED) is 0.540. The van der Waals surface area contributed by atoms with E-state index in [1.807, 2.05) is 23.7 Å². The number of benzene rings is 1. The molecule has 2 aromatic heterocycles. The van der Waals surface area contributed by atoms with E-state index in [0.29, 0.717) is 28.4 Å². The van der Waals surface area contributed by atoms with Crippen molar-refractivity contribution in [2.75, 3.05) is 11.1 Å². The van der Waals surface area contributed by atoms with Gasteiger partial charge < -0.3 is 14.6 Å². The maximum absolute atomic E-state index is 12.1. The highest BCUT2D eigenvalue weighted by Crippen LogP contribution is 2.25. The van der Waals surface area contributed by atoms with Crippen molar-refractivity contribution in [1.82, 2.24) is 19.7 Å². The number of thioether (sulfide) groups is 1. The number of aromatic nitrogens is 4. The minimum Gasteiger partial charge on any atom is -0.486 e. The van der Waals surface area contributed by atoms with Gasteiger partial charge in [0.25, 0.3) is 0 Å². The standard InChI is InChI=1S/C21H24ClN5O2S/c1-21(2,3)14-5-8-16(9-6-14)29-12-18-25-26-20(27(18)4)30-13-19(28)24-17-10-7-15(22)11-23-17/h5-11H,12-13H2,1-4H3,(H,23,24,28). The van der Waals surface area contributed by atoms with E-state index >= 15 is 0 Å². The molecule has 1 amide bonds. The highest BCUT2D eigenvalue weighted by molar-refractivity contribution is 7.99. The highest BCUT2D eigenvalue weighted by atomic mass is 35.5. The van der Waals surface area contributed by atoms with Crippen molar-refractivity contribution in [2.24, 2.45) is 7.05 Å². The number of carbonyl (C=O) groups excluding carboxylic acids is 1. The van der Waals surface area contributed by atoms with Crippen LogP contribution in [0.15, 0.2) is 47.8 Å². The van der Waals surface area contributed by atoms with Crippen LogP contribution >= 0.6 is 23.4 Å². The Balaban J connectivity index is 1.51. The van der Waals surface area contributed by atoms with Crippen molar-refractivity contribution in [3.8, 4) is 5.75 Å². The molecule has 3 aromatic rings. The van der Waals surface area contributed by atoms with Crippen molar-refractivity contribution in [3.63, 3.8) is 0 Å². The van der Waals surface area contributed by atoms with Gasteiger partial charge in [-0.2, -0.15) is 0 Å². The molecule has 0 fully saturated rings. The molecule has 0 radical (unpaired) electrons. The Hall–Kier alpha value is -2.58. The summed E-state index contributed by atoms with van der Waals surface area (Å²) in [5.74, 6) is 1.90. The predicted octanol–water partition coefficient (Wildman–Crippen LogP) is 4.47. The molecule has 0 unspecified atom stereocenters. The fourth-order valence-corrected chi connectivity index (χ4v) is 3.40. The average Bonchev–Trinajstić information content (AvgIpc) is 3.06. The number of amides is 1. The van der Waals surface area contributed by atoms with Crippen LogP contribution in [0.5, 0.6) is 5.75 Å². The number of nitrogens with one attached hydrogen (secondary N) is 1. The van der Waals surface area contributed by atoms with Crippen molar-refractivity contribution in [3.05, 3.63) is 59.0 Å². The summed E-state index contributed by atoms with van der Waals surface area (Å²) in [5, 5.41) is 12.2. The van der Waals surface area contributed by atoms with Gasteiger partial charge in [-0.3, -0.25) is 4.79 Å². The number of hydrogen-bond acceptors (Lipinski definition) is 6. The smallest absolute Gasteiger partial charge is 0.236 e. The average molecular weight is 446 g/mol. The zero-order valence-electron chi connectivity index (χ0n) is 17.3. The summed E-state index contributed by atoms with van der Waals surface area (Å²) in [6.07, 6.45) is 1.48. The fourth-order valence-electron chi connectivity index (χ4n) is 2.55. The van der Waals surface area contributed by atoms with Gasteiger partial charge in [0.05, 0.1) is 10.8 Å². The van der Waals surface area contributed by atoms with E-state index in [9.17, 15) is 4.79 Å². The lowest BCUT2D eigenvalue weighted by molar-refractivity contribution is -0.113. The van der Waals surface area contributed by atoms with Crippen molar-refractivity contribution >= 4 is 35.1 Å². The maximum Gasteiger partial charge on any atom is 0.236 e. The molecule has 0 aliphatic carbocycles. The molecule has 0 spiro atoms. The first-order valence-corrected chi connectivity index (χ1v) is 10.7. The summed E-state index contributed by atoms with van der Waals surface area (Å²) < 4.78 is 7.66. The Morgan fingerprint density at radius 3 is 2.53 bits per heavy atom. The first-order chi connectivity index (χ1) is 14.2. The Labute approximate surface area is 185 Å². The number of hydrogen-bond donors (Lipinski definition) is 1. The van der Waals surface area contributed by atoms with Crippen LogP contribution < -0.4 is 10.1 Å². The van der Waals surface area contributed by atoms with Gasteiger partial charge in [-0.15, -0.1) is 10.2 Å². The summed E-state index contributed by atoms with van der Waals surface area (Å²) >= 11 is 7.08. The van der Waals surface area contributed by atoms with Crippen LogP contribution in [0.2, 0.25) is 5.02 Å². The van der Waals surface area contributed by atoms with E-state index in [2.05, 4.69) is 53.4 Å². The van der Waals surface area contributed by atoms with Crippen LogP contribution in [0, 0.1) is 0 Å². The third kappa shape index (κ3) is 5.96. The third-order valence-electron chi connectivity index (χ3n) is 4.34. The topological polar surface area (TPSA) is 81.9 Å². The first-order valence-electron chi connectivity index (χ1n) is 9.38. The van der Waals surface area contributed by atoms with E-state index in [1.54, 1.807) is 12.1 Å². The lowest BCUT2D eigenvalue weighted by atomic mass is 9.87. The van der Waals surface area contributed by atoms with Gasteiger partial charge in [0.2, 0.25) is 5.91 Å². The number of ether oxygens (including phenoxy) is 1. The molecule has 0 atom stereocenters. The van der Waals surface area contributed by atoms with E-state index in [4.69, 9.17) is 16.3 Å². The Kier molecular flexibility index (Phi) is 6.99. The van der Waals surface area contributed by atoms with E-state index in [1.165, 1.54) is 23.5 Å². The molecule has 0 aliphatic heterocycles. The normalized spacial score (nSPS) is 11.4. The molecule has 0 saturated carbocycles. The first kappa shape index (κ1) is 22.1. The lowest BCUT2D eigenvalue weighted by Crippen LogP contribution is -2.15. The van der Waals surface area contributed by atoms with Gasteiger partial charge in [-0.25, -0.2) is 4.98 Å². The van der Waals surface area contributed by atoms with E-state index in [-0.39, 0.29) is 17.1 Å². The van der Waals surface area contributed by atoms with Crippen LogP contribution in [-0.4, -0.2) is 31.4 Å². The van der Waals surface area contributed by atoms with Gasteiger partial charge in [-0.05, 0) is 35.2 Å². The fraction of sp³-hybridized carbons (Fsp3) is 0.333. The predicted molar refractivity (Wildman–Crippen MR) is 119 cm³/mol. The molecule has 7 nitrogen and oxygen atoms in total. The van der Waals surface area contributed by atoms with Gasteiger partial charge in [0.15, 0.2) is 11.0 Å². The molecule has 9 heteroatoms.